The Balaban J connectivity index is 2.32. The molecule has 7 nitrogen and oxygen atoms in total. The summed E-state index contributed by atoms with van der Waals surface area (Å²) in [5.41, 5.74) is 0. The van der Waals surface area contributed by atoms with E-state index in [1.165, 1.54) is 0 Å². The van der Waals surface area contributed by atoms with Crippen LogP contribution in [-0.2, 0) is 19.1 Å². The molecule has 2 rings (SSSR count). The number of ether oxygens (including phenoxy) is 2. The molecule has 3 N–H and O–H groups in total. The van der Waals surface area contributed by atoms with E-state index in [0.29, 0.717) is 19.5 Å². The number of amides is 2. The third-order valence-corrected chi connectivity index (χ3v) is 4.41. The highest BCUT2D eigenvalue weighted by molar-refractivity contribution is 5.85. The molecule has 0 bridgehead atoms. The Kier molecular flexibility index (Phi) is 6.59. The van der Waals surface area contributed by atoms with Gasteiger partial charge < -0.3 is 25.4 Å². The smallest absolute Gasteiger partial charge is 0.252 e. The number of likely N-dealkylation sites (N-methyl/N-ethyl adjacent to an activating group) is 1. The van der Waals surface area contributed by atoms with Gasteiger partial charge in [0.15, 0.2) is 11.9 Å². The molecule has 1 fully saturated rings. The Morgan fingerprint density at radius 2 is 2.00 bits per heavy atom. The van der Waals surface area contributed by atoms with Crippen molar-refractivity contribution in [1.82, 2.24) is 16.0 Å². The lowest BCUT2D eigenvalue weighted by atomic mass is 9.93. The Morgan fingerprint density at radius 3 is 2.64 bits per heavy atom. The third kappa shape index (κ3) is 5.03. The van der Waals surface area contributed by atoms with E-state index in [1.54, 1.807) is 13.8 Å². The van der Waals surface area contributed by atoms with Gasteiger partial charge in [-0.2, -0.15) is 0 Å². The summed E-state index contributed by atoms with van der Waals surface area (Å²) in [6.07, 6.45) is 3.12. The molecule has 1 saturated heterocycles. The summed E-state index contributed by atoms with van der Waals surface area (Å²) in [6.45, 7) is 10.7. The average Bonchev–Trinajstić information content (AvgIpc) is 2.85. The molecule has 2 amide bonds. The fourth-order valence-electron chi connectivity index (χ4n) is 3.22. The van der Waals surface area contributed by atoms with Crippen LogP contribution in [0.1, 0.15) is 41.0 Å². The zero-order chi connectivity index (χ0) is 18.6. The molecule has 142 valence electrons. The van der Waals surface area contributed by atoms with E-state index in [2.05, 4.69) is 16.0 Å². The number of hydrogen-bond donors (Lipinski definition) is 3. The number of nitrogens with one attached hydrogen (secondary N) is 3. The van der Waals surface area contributed by atoms with Crippen LogP contribution in [0.25, 0.3) is 0 Å². The van der Waals surface area contributed by atoms with Crippen molar-refractivity contribution in [3.05, 3.63) is 12.2 Å². The van der Waals surface area contributed by atoms with E-state index in [9.17, 15) is 9.59 Å². The van der Waals surface area contributed by atoms with Gasteiger partial charge in [-0.25, -0.2) is 0 Å². The molecule has 25 heavy (non-hydrogen) atoms. The second-order valence-electron chi connectivity index (χ2n) is 7.34. The van der Waals surface area contributed by atoms with Gasteiger partial charge in [0.1, 0.15) is 12.1 Å². The zero-order valence-corrected chi connectivity index (χ0v) is 15.8. The van der Waals surface area contributed by atoms with E-state index >= 15 is 0 Å². The Hall–Kier alpha value is -1.44. The number of hydrogen-bond acceptors (Lipinski definition) is 5. The molecule has 0 aromatic carbocycles. The van der Waals surface area contributed by atoms with Gasteiger partial charge in [-0.3, -0.25) is 9.59 Å². The molecular weight excluding hydrogens is 322 g/mol. The van der Waals surface area contributed by atoms with Crippen LogP contribution in [0.4, 0.5) is 0 Å². The number of carbonyl (C=O) groups is 2. The molecule has 4 atom stereocenters. The van der Waals surface area contributed by atoms with Crippen molar-refractivity contribution in [2.75, 3.05) is 13.1 Å². The first-order chi connectivity index (χ1) is 11.7. The number of rotatable bonds is 3. The molecule has 2 aliphatic rings. The fourth-order valence-corrected chi connectivity index (χ4v) is 3.22. The van der Waals surface area contributed by atoms with Gasteiger partial charge in [0, 0.05) is 6.54 Å². The summed E-state index contributed by atoms with van der Waals surface area (Å²) in [5, 5.41) is 9.13. The highest BCUT2D eigenvalue weighted by Gasteiger charge is 2.49. The second-order valence-corrected chi connectivity index (χ2v) is 7.34. The van der Waals surface area contributed by atoms with Gasteiger partial charge in [0.2, 0.25) is 5.91 Å². The molecule has 0 spiro atoms. The third-order valence-electron chi connectivity index (χ3n) is 4.41. The maximum absolute atomic E-state index is 12.7. The summed E-state index contributed by atoms with van der Waals surface area (Å²) in [5.74, 6) is -1.11. The highest BCUT2D eigenvalue weighted by Crippen LogP contribution is 2.32. The summed E-state index contributed by atoms with van der Waals surface area (Å²) in [6, 6.07) is -0.742. The normalized spacial score (nSPS) is 33.2. The van der Waals surface area contributed by atoms with Crippen molar-refractivity contribution < 1.29 is 19.1 Å². The number of fused-ring (bicyclic) bond motifs is 1. The van der Waals surface area contributed by atoms with Crippen molar-refractivity contribution in [3.63, 3.8) is 0 Å². The first kappa shape index (κ1) is 19.9. The minimum absolute atomic E-state index is 0.0796. The van der Waals surface area contributed by atoms with Crippen LogP contribution in [0.2, 0.25) is 0 Å². The van der Waals surface area contributed by atoms with Crippen molar-refractivity contribution >= 4 is 11.8 Å². The van der Waals surface area contributed by atoms with Gasteiger partial charge in [-0.05, 0) is 32.7 Å². The Labute approximate surface area is 149 Å². The van der Waals surface area contributed by atoms with Crippen molar-refractivity contribution in [1.29, 1.82) is 0 Å². The average molecular weight is 353 g/mol. The molecule has 0 aliphatic carbocycles. The molecule has 0 aromatic rings. The minimum atomic E-state index is -0.871. The SMILES string of the molecule is CCNC1C=CCCNC(=O)C2OC(C)(C)OC2C(C(C)C)NC1=O. The van der Waals surface area contributed by atoms with Crippen LogP contribution < -0.4 is 16.0 Å². The van der Waals surface area contributed by atoms with Gasteiger partial charge in [-0.15, -0.1) is 0 Å². The van der Waals surface area contributed by atoms with Crippen LogP contribution >= 0.6 is 0 Å². The molecule has 0 radical (unpaired) electrons. The van der Waals surface area contributed by atoms with Crippen molar-refractivity contribution in [2.24, 2.45) is 5.92 Å². The van der Waals surface area contributed by atoms with E-state index in [-0.39, 0.29) is 23.8 Å². The highest BCUT2D eigenvalue weighted by atomic mass is 16.8. The molecule has 0 aromatic heterocycles. The zero-order valence-electron chi connectivity index (χ0n) is 15.8. The standard InChI is InChI=1S/C18H31N3O4/c1-6-19-12-9-7-8-10-20-17(23)15-14(24-18(4,5)25-15)13(11(2)3)21-16(12)22/h7,9,11-15,19H,6,8,10H2,1-5H3,(H,20,23)(H,21,22). The van der Waals surface area contributed by atoms with Crippen LogP contribution in [0.3, 0.4) is 0 Å². The monoisotopic (exact) mass is 353 g/mol. The van der Waals surface area contributed by atoms with E-state index in [0.717, 1.165) is 0 Å². The molecule has 4 unspecified atom stereocenters. The predicted molar refractivity (Wildman–Crippen MR) is 94.8 cm³/mol. The maximum Gasteiger partial charge on any atom is 0.252 e. The van der Waals surface area contributed by atoms with E-state index in [4.69, 9.17) is 9.47 Å². The Morgan fingerprint density at radius 1 is 1.28 bits per heavy atom. The summed E-state index contributed by atoms with van der Waals surface area (Å²) in [7, 11) is 0. The van der Waals surface area contributed by atoms with Gasteiger partial charge in [0.25, 0.3) is 5.91 Å². The lowest BCUT2D eigenvalue weighted by Crippen LogP contribution is -2.57. The van der Waals surface area contributed by atoms with E-state index in [1.807, 2.05) is 32.9 Å². The summed E-state index contributed by atoms with van der Waals surface area (Å²) >= 11 is 0. The summed E-state index contributed by atoms with van der Waals surface area (Å²) in [4.78, 5) is 25.3. The van der Waals surface area contributed by atoms with Crippen molar-refractivity contribution in [3.8, 4) is 0 Å². The van der Waals surface area contributed by atoms with Gasteiger partial charge in [0.05, 0.1) is 6.04 Å². The van der Waals surface area contributed by atoms with Crippen LogP contribution in [0.15, 0.2) is 12.2 Å². The molecule has 2 aliphatic heterocycles. The largest absolute Gasteiger partial charge is 0.353 e. The summed E-state index contributed by atoms with van der Waals surface area (Å²) < 4.78 is 11.8. The van der Waals surface area contributed by atoms with Gasteiger partial charge >= 0.3 is 0 Å². The maximum atomic E-state index is 12.7. The lowest BCUT2D eigenvalue weighted by molar-refractivity contribution is -0.157. The minimum Gasteiger partial charge on any atom is -0.353 e. The number of carbonyl (C=O) groups excluding carboxylic acids is 2. The quantitative estimate of drug-likeness (QED) is 0.650. The van der Waals surface area contributed by atoms with Gasteiger partial charge in [-0.1, -0.05) is 32.9 Å². The molecule has 0 saturated carbocycles. The van der Waals surface area contributed by atoms with Crippen LogP contribution in [0, 0.1) is 5.92 Å². The topological polar surface area (TPSA) is 88.7 Å². The molecular formula is C18H31N3O4. The second kappa shape index (κ2) is 8.29. The van der Waals surface area contributed by atoms with Crippen LogP contribution in [-0.4, -0.2) is 55.0 Å². The fraction of sp³-hybridized carbons (Fsp3) is 0.778. The first-order valence-electron chi connectivity index (χ1n) is 9.09. The predicted octanol–water partition coefficient (Wildman–Crippen LogP) is 0.702. The molecule has 2 heterocycles. The Bertz CT molecular complexity index is 518. The first-order valence-corrected chi connectivity index (χ1v) is 9.09. The lowest BCUT2D eigenvalue weighted by Gasteiger charge is -2.31. The van der Waals surface area contributed by atoms with Crippen molar-refractivity contribution in [2.45, 2.75) is 71.1 Å². The molecule has 7 heteroatoms. The van der Waals surface area contributed by atoms with Crippen LogP contribution in [0.5, 0.6) is 0 Å². The van der Waals surface area contributed by atoms with E-state index < -0.39 is 24.0 Å².